The average Bonchev–Trinajstić information content (AvgIpc) is 3.16. The number of anilines is 1. The monoisotopic (exact) mass is 337 g/mol. The number of aliphatic hydroxyl groups excluding tert-OH is 2. The standard InChI is InChI=1S/C14H15N3O5S/c18-7-9-8(19)6-12(22-9)17-4-3-11(16-14(17)21)15-13(20)10-2-1-5-23-10/h1-5,8-9,12,18-19H,6-7H2,(H,15,16,20,21)/t8-,9+,12+/m0/s1. The first kappa shape index (κ1) is 15.8. The van der Waals surface area contributed by atoms with Gasteiger partial charge in [0.1, 0.15) is 18.1 Å². The van der Waals surface area contributed by atoms with Gasteiger partial charge in [-0.3, -0.25) is 9.36 Å². The van der Waals surface area contributed by atoms with E-state index >= 15 is 0 Å². The van der Waals surface area contributed by atoms with Crippen molar-refractivity contribution >= 4 is 23.1 Å². The first-order chi connectivity index (χ1) is 11.1. The Morgan fingerprint density at radius 3 is 2.96 bits per heavy atom. The van der Waals surface area contributed by atoms with Crippen LogP contribution in [0.4, 0.5) is 5.82 Å². The van der Waals surface area contributed by atoms with Crippen molar-refractivity contribution in [1.82, 2.24) is 9.55 Å². The molecule has 2 aromatic heterocycles. The fourth-order valence-corrected chi connectivity index (χ4v) is 2.96. The number of aliphatic hydroxyl groups is 2. The number of nitrogens with one attached hydrogen (secondary N) is 1. The Morgan fingerprint density at radius 2 is 2.35 bits per heavy atom. The molecule has 0 aliphatic carbocycles. The van der Waals surface area contributed by atoms with Crippen LogP contribution in [-0.4, -0.2) is 44.5 Å². The van der Waals surface area contributed by atoms with Crippen molar-refractivity contribution in [3.8, 4) is 0 Å². The molecule has 0 unspecified atom stereocenters. The zero-order valence-electron chi connectivity index (χ0n) is 12.0. The molecule has 0 spiro atoms. The zero-order chi connectivity index (χ0) is 16.4. The van der Waals surface area contributed by atoms with Crippen LogP contribution in [-0.2, 0) is 4.74 Å². The number of rotatable bonds is 4. The number of carbonyl (C=O) groups excluding carboxylic acids is 1. The summed E-state index contributed by atoms with van der Waals surface area (Å²) in [4.78, 5) is 28.3. The minimum Gasteiger partial charge on any atom is -0.394 e. The second-order valence-electron chi connectivity index (χ2n) is 5.05. The molecule has 1 aliphatic heterocycles. The SMILES string of the molecule is O=C(Nc1ccn([C@H]2C[C@H](O)[C@@H](CO)O2)c(=O)n1)c1cccs1. The van der Waals surface area contributed by atoms with Crippen LogP contribution in [0.25, 0.3) is 0 Å². The fraction of sp³-hybridized carbons (Fsp3) is 0.357. The lowest BCUT2D eigenvalue weighted by Crippen LogP contribution is -2.28. The maximum Gasteiger partial charge on any atom is 0.351 e. The van der Waals surface area contributed by atoms with Crippen LogP contribution < -0.4 is 11.0 Å². The van der Waals surface area contributed by atoms with E-state index < -0.39 is 24.1 Å². The summed E-state index contributed by atoms with van der Waals surface area (Å²) in [6.07, 6.45) is -0.617. The Bertz CT molecular complexity index is 745. The van der Waals surface area contributed by atoms with Gasteiger partial charge in [-0.25, -0.2) is 4.79 Å². The molecule has 9 heteroatoms. The number of carbonyl (C=O) groups is 1. The quantitative estimate of drug-likeness (QED) is 0.734. The smallest absolute Gasteiger partial charge is 0.351 e. The van der Waals surface area contributed by atoms with E-state index in [9.17, 15) is 14.7 Å². The van der Waals surface area contributed by atoms with Gasteiger partial charge in [0.15, 0.2) is 0 Å². The van der Waals surface area contributed by atoms with Crippen LogP contribution in [0.3, 0.4) is 0 Å². The second kappa shape index (κ2) is 6.59. The molecule has 1 aliphatic rings. The van der Waals surface area contributed by atoms with Gasteiger partial charge < -0.3 is 20.3 Å². The molecule has 23 heavy (non-hydrogen) atoms. The molecule has 0 aromatic carbocycles. The Morgan fingerprint density at radius 1 is 1.52 bits per heavy atom. The minimum atomic E-state index is -0.838. The average molecular weight is 337 g/mol. The predicted octanol–water partition coefficient (Wildman–Crippen LogP) is 0.198. The van der Waals surface area contributed by atoms with Crippen LogP contribution >= 0.6 is 11.3 Å². The molecule has 0 saturated carbocycles. The third-order valence-corrected chi connectivity index (χ3v) is 4.38. The number of ether oxygens (including phenoxy) is 1. The first-order valence-corrected chi connectivity index (χ1v) is 7.85. The number of hydrogen-bond acceptors (Lipinski definition) is 7. The van der Waals surface area contributed by atoms with E-state index in [0.717, 1.165) is 0 Å². The maximum atomic E-state index is 12.1. The second-order valence-corrected chi connectivity index (χ2v) is 6.00. The van der Waals surface area contributed by atoms with E-state index in [-0.39, 0.29) is 24.8 Å². The summed E-state index contributed by atoms with van der Waals surface area (Å²) in [7, 11) is 0. The number of aromatic nitrogens is 2. The van der Waals surface area contributed by atoms with Crippen LogP contribution in [0.1, 0.15) is 22.3 Å². The van der Waals surface area contributed by atoms with E-state index in [1.807, 2.05) is 0 Å². The summed E-state index contributed by atoms with van der Waals surface area (Å²) in [6, 6.07) is 4.91. The number of amides is 1. The number of thiophene rings is 1. The Labute approximate surface area is 135 Å². The van der Waals surface area contributed by atoms with Gasteiger partial charge >= 0.3 is 5.69 Å². The van der Waals surface area contributed by atoms with Crippen LogP contribution in [0.15, 0.2) is 34.6 Å². The zero-order valence-corrected chi connectivity index (χ0v) is 12.8. The van der Waals surface area contributed by atoms with E-state index in [1.54, 1.807) is 17.5 Å². The van der Waals surface area contributed by atoms with E-state index in [1.165, 1.54) is 28.2 Å². The summed E-state index contributed by atoms with van der Waals surface area (Å²) in [5.74, 6) is -0.195. The van der Waals surface area contributed by atoms with Gasteiger partial charge in [-0.1, -0.05) is 6.07 Å². The summed E-state index contributed by atoms with van der Waals surface area (Å²) in [6.45, 7) is -0.325. The lowest BCUT2D eigenvalue weighted by molar-refractivity contribution is -0.0458. The molecular weight excluding hydrogens is 322 g/mol. The van der Waals surface area contributed by atoms with Crippen LogP contribution in [0.5, 0.6) is 0 Å². The highest BCUT2D eigenvalue weighted by atomic mass is 32.1. The van der Waals surface area contributed by atoms with Crippen molar-refractivity contribution in [2.45, 2.75) is 24.9 Å². The van der Waals surface area contributed by atoms with Crippen molar-refractivity contribution in [2.24, 2.45) is 0 Å². The highest BCUT2D eigenvalue weighted by Crippen LogP contribution is 2.27. The first-order valence-electron chi connectivity index (χ1n) is 6.97. The predicted molar refractivity (Wildman–Crippen MR) is 82.4 cm³/mol. The third kappa shape index (κ3) is 3.32. The van der Waals surface area contributed by atoms with E-state index in [2.05, 4.69) is 10.3 Å². The summed E-state index contributed by atoms with van der Waals surface area (Å²) >= 11 is 1.29. The van der Waals surface area contributed by atoms with Gasteiger partial charge in [0.2, 0.25) is 0 Å². The van der Waals surface area contributed by atoms with Crippen molar-refractivity contribution in [2.75, 3.05) is 11.9 Å². The molecule has 3 atom stereocenters. The number of hydrogen-bond donors (Lipinski definition) is 3. The Balaban J connectivity index is 1.74. The molecule has 8 nitrogen and oxygen atoms in total. The summed E-state index contributed by atoms with van der Waals surface area (Å²) < 4.78 is 6.63. The number of nitrogens with zero attached hydrogens (tertiary/aromatic N) is 2. The highest BCUT2D eigenvalue weighted by Gasteiger charge is 2.34. The molecular formula is C14H15N3O5S. The summed E-state index contributed by atoms with van der Waals surface area (Å²) in [5.41, 5.74) is -0.607. The Hall–Kier alpha value is -2.07. The molecule has 3 rings (SSSR count). The summed E-state index contributed by atoms with van der Waals surface area (Å²) in [5, 5.41) is 23.1. The molecule has 2 aromatic rings. The lowest BCUT2D eigenvalue weighted by atomic mass is 10.2. The van der Waals surface area contributed by atoms with Crippen LogP contribution in [0.2, 0.25) is 0 Å². The molecule has 3 heterocycles. The molecule has 1 saturated heterocycles. The normalized spacial score (nSPS) is 23.8. The molecule has 3 N–H and O–H groups in total. The van der Waals surface area contributed by atoms with Gasteiger partial charge in [-0.15, -0.1) is 11.3 Å². The van der Waals surface area contributed by atoms with Gasteiger partial charge in [-0.05, 0) is 17.5 Å². The third-order valence-electron chi connectivity index (χ3n) is 3.51. The molecule has 0 radical (unpaired) electrons. The van der Waals surface area contributed by atoms with Crippen molar-refractivity contribution in [1.29, 1.82) is 0 Å². The van der Waals surface area contributed by atoms with Gasteiger partial charge in [0, 0.05) is 12.6 Å². The largest absolute Gasteiger partial charge is 0.394 e. The van der Waals surface area contributed by atoms with Crippen molar-refractivity contribution in [3.63, 3.8) is 0 Å². The van der Waals surface area contributed by atoms with Gasteiger partial charge in [0.05, 0.1) is 17.6 Å². The van der Waals surface area contributed by atoms with Crippen LogP contribution in [0, 0.1) is 0 Å². The topological polar surface area (TPSA) is 114 Å². The Kier molecular flexibility index (Phi) is 4.53. The minimum absolute atomic E-state index is 0.141. The van der Waals surface area contributed by atoms with Gasteiger partial charge in [0.25, 0.3) is 5.91 Å². The van der Waals surface area contributed by atoms with Gasteiger partial charge in [-0.2, -0.15) is 4.98 Å². The highest BCUT2D eigenvalue weighted by molar-refractivity contribution is 7.12. The molecule has 1 fully saturated rings. The van der Waals surface area contributed by atoms with E-state index in [4.69, 9.17) is 9.84 Å². The lowest BCUT2D eigenvalue weighted by Gasteiger charge is -2.14. The molecule has 1 amide bonds. The van der Waals surface area contributed by atoms with Crippen molar-refractivity contribution < 1.29 is 19.7 Å². The fourth-order valence-electron chi connectivity index (χ4n) is 2.34. The maximum absolute atomic E-state index is 12.1. The van der Waals surface area contributed by atoms with E-state index in [0.29, 0.717) is 4.88 Å². The molecule has 122 valence electrons. The molecule has 0 bridgehead atoms. The van der Waals surface area contributed by atoms with Crippen molar-refractivity contribution in [3.05, 3.63) is 45.1 Å².